The van der Waals surface area contributed by atoms with E-state index in [0.29, 0.717) is 25.8 Å². The van der Waals surface area contributed by atoms with Gasteiger partial charge in [0.1, 0.15) is 18.1 Å². The number of rotatable bonds is 7. The van der Waals surface area contributed by atoms with Crippen molar-refractivity contribution in [2.24, 2.45) is 4.99 Å². The highest BCUT2D eigenvalue weighted by Gasteiger charge is 2.11. The van der Waals surface area contributed by atoms with Crippen LogP contribution in [0.4, 0.5) is 5.69 Å². The Hall–Kier alpha value is -2.69. The van der Waals surface area contributed by atoms with E-state index in [4.69, 9.17) is 55.9 Å². The van der Waals surface area contributed by atoms with Crippen LogP contribution in [0.5, 0.6) is 17.2 Å². The predicted octanol–water partition coefficient (Wildman–Crippen LogP) is 9.42. The summed E-state index contributed by atoms with van der Waals surface area (Å²) >= 11 is 24.9. The van der Waals surface area contributed by atoms with Gasteiger partial charge in [-0.1, -0.05) is 70.7 Å². The summed E-state index contributed by atoms with van der Waals surface area (Å²) in [4.78, 5) is 4.48. The van der Waals surface area contributed by atoms with E-state index < -0.39 is 0 Å². The van der Waals surface area contributed by atoms with E-state index in [1.807, 2.05) is 54.6 Å². The minimum atomic E-state index is 0.209. The van der Waals surface area contributed by atoms with E-state index in [-0.39, 0.29) is 6.61 Å². The van der Waals surface area contributed by atoms with Crippen molar-refractivity contribution in [3.8, 4) is 17.2 Å². The summed E-state index contributed by atoms with van der Waals surface area (Å²) in [5.41, 5.74) is 2.28. The van der Waals surface area contributed by atoms with Gasteiger partial charge in [-0.15, -0.1) is 0 Å². The summed E-state index contributed by atoms with van der Waals surface area (Å²) in [6, 6.07) is 25.7. The molecule has 0 heterocycles. The second kappa shape index (κ2) is 11.0. The van der Waals surface area contributed by atoms with Gasteiger partial charge in [0.2, 0.25) is 0 Å². The second-order valence-corrected chi connectivity index (χ2v) is 8.66. The second-order valence-electron chi connectivity index (χ2n) is 7.01. The molecular weight excluding hydrogens is 500 g/mol. The van der Waals surface area contributed by atoms with Gasteiger partial charge >= 0.3 is 0 Å². The van der Waals surface area contributed by atoms with Crippen molar-refractivity contribution in [1.82, 2.24) is 0 Å². The highest BCUT2D eigenvalue weighted by atomic mass is 35.5. The molecule has 0 amide bonds. The number of benzene rings is 4. The van der Waals surface area contributed by atoms with Gasteiger partial charge in [0.25, 0.3) is 0 Å². The lowest BCUT2D eigenvalue weighted by Gasteiger charge is -2.12. The molecule has 0 saturated carbocycles. The number of nitrogens with zero attached hydrogens (tertiary/aromatic N) is 1. The zero-order valence-corrected chi connectivity index (χ0v) is 20.2. The largest absolute Gasteiger partial charge is 0.486 e. The molecule has 0 aliphatic heterocycles. The van der Waals surface area contributed by atoms with Gasteiger partial charge in [-0.05, 0) is 66.2 Å². The van der Waals surface area contributed by atoms with Crippen molar-refractivity contribution in [2.75, 3.05) is 0 Å². The molecule has 4 rings (SSSR count). The van der Waals surface area contributed by atoms with Crippen molar-refractivity contribution in [2.45, 2.75) is 6.61 Å². The number of para-hydroxylation sites is 1. The lowest BCUT2D eigenvalue weighted by atomic mass is 10.2. The molecule has 0 N–H and O–H groups in total. The van der Waals surface area contributed by atoms with Crippen LogP contribution in [0.15, 0.2) is 89.9 Å². The standard InChI is InChI=1S/C26H17Cl4NO2/c27-19-7-6-18(23(28)14-19)16-32-26-24(29)12-17(13-25(26)30)15-31-20-8-10-22(11-9-20)33-21-4-2-1-3-5-21/h1-15H,16H2. The van der Waals surface area contributed by atoms with Gasteiger partial charge in [0.15, 0.2) is 5.75 Å². The minimum Gasteiger partial charge on any atom is -0.486 e. The topological polar surface area (TPSA) is 30.8 Å². The Labute approximate surface area is 212 Å². The third kappa shape index (κ3) is 6.43. The van der Waals surface area contributed by atoms with Crippen LogP contribution in [0.25, 0.3) is 0 Å². The highest BCUT2D eigenvalue weighted by Crippen LogP contribution is 2.35. The molecular formula is C26H17Cl4NO2. The van der Waals surface area contributed by atoms with Gasteiger partial charge in [0.05, 0.1) is 15.7 Å². The van der Waals surface area contributed by atoms with Crippen LogP contribution in [0.2, 0.25) is 20.1 Å². The molecule has 0 aliphatic rings. The molecule has 0 aromatic heterocycles. The third-order valence-electron chi connectivity index (χ3n) is 4.59. The number of hydrogen-bond acceptors (Lipinski definition) is 3. The first-order valence-electron chi connectivity index (χ1n) is 9.91. The molecule has 3 nitrogen and oxygen atoms in total. The first kappa shape index (κ1) is 23.5. The van der Waals surface area contributed by atoms with Gasteiger partial charge in [-0.2, -0.15) is 0 Å². The van der Waals surface area contributed by atoms with Crippen molar-refractivity contribution in [1.29, 1.82) is 0 Å². The molecule has 0 fully saturated rings. The van der Waals surface area contributed by atoms with E-state index in [9.17, 15) is 0 Å². The molecule has 7 heteroatoms. The fourth-order valence-corrected chi connectivity index (χ4v) is 4.03. The molecule has 0 atom stereocenters. The van der Waals surface area contributed by atoms with E-state index in [0.717, 1.165) is 28.3 Å². The van der Waals surface area contributed by atoms with Crippen LogP contribution >= 0.6 is 46.4 Å². The highest BCUT2D eigenvalue weighted by molar-refractivity contribution is 6.37. The molecule has 0 spiro atoms. The third-order valence-corrected chi connectivity index (χ3v) is 5.73. The summed E-state index contributed by atoms with van der Waals surface area (Å²) in [6.45, 7) is 0.209. The first-order valence-corrected chi connectivity index (χ1v) is 11.4. The summed E-state index contributed by atoms with van der Waals surface area (Å²) in [5, 5.41) is 1.82. The van der Waals surface area contributed by atoms with E-state index in [1.54, 1.807) is 36.5 Å². The average Bonchev–Trinajstić information content (AvgIpc) is 2.80. The number of aliphatic imine (C=N–C) groups is 1. The normalized spacial score (nSPS) is 11.0. The van der Waals surface area contributed by atoms with Gasteiger partial charge in [0, 0.05) is 21.8 Å². The van der Waals surface area contributed by atoms with Crippen molar-refractivity contribution >= 4 is 58.3 Å². The van der Waals surface area contributed by atoms with Crippen molar-refractivity contribution in [3.05, 3.63) is 116 Å². The predicted molar refractivity (Wildman–Crippen MR) is 137 cm³/mol. The number of hydrogen-bond donors (Lipinski definition) is 0. The monoisotopic (exact) mass is 515 g/mol. The van der Waals surface area contributed by atoms with Crippen LogP contribution in [-0.2, 0) is 6.61 Å². The zero-order valence-electron chi connectivity index (χ0n) is 17.1. The maximum Gasteiger partial charge on any atom is 0.157 e. The lowest BCUT2D eigenvalue weighted by Crippen LogP contribution is -1.98. The minimum absolute atomic E-state index is 0.209. The van der Waals surface area contributed by atoms with Crippen LogP contribution in [0.1, 0.15) is 11.1 Å². The number of halogens is 4. The van der Waals surface area contributed by atoms with Crippen LogP contribution in [-0.4, -0.2) is 6.21 Å². The Balaban J connectivity index is 1.42. The molecule has 4 aromatic rings. The Morgan fingerprint density at radius 2 is 1.36 bits per heavy atom. The maximum absolute atomic E-state index is 6.40. The molecule has 0 saturated heterocycles. The van der Waals surface area contributed by atoms with Gasteiger partial charge in [-0.25, -0.2) is 0 Å². The summed E-state index contributed by atoms with van der Waals surface area (Å²) in [5.74, 6) is 1.89. The fourth-order valence-electron chi connectivity index (χ4n) is 2.95. The van der Waals surface area contributed by atoms with Crippen LogP contribution in [0.3, 0.4) is 0 Å². The summed E-state index contributed by atoms with van der Waals surface area (Å²) in [7, 11) is 0. The fraction of sp³-hybridized carbons (Fsp3) is 0.0385. The Bertz CT molecular complexity index is 1250. The Morgan fingerprint density at radius 3 is 2.03 bits per heavy atom. The van der Waals surface area contributed by atoms with Crippen molar-refractivity contribution < 1.29 is 9.47 Å². The lowest BCUT2D eigenvalue weighted by molar-refractivity contribution is 0.306. The molecule has 0 aliphatic carbocycles. The smallest absolute Gasteiger partial charge is 0.157 e. The molecule has 0 bridgehead atoms. The molecule has 0 unspecified atom stereocenters. The van der Waals surface area contributed by atoms with Crippen LogP contribution in [0, 0.1) is 0 Å². The molecule has 33 heavy (non-hydrogen) atoms. The maximum atomic E-state index is 6.40. The van der Waals surface area contributed by atoms with E-state index in [1.165, 1.54) is 0 Å². The molecule has 4 aromatic carbocycles. The number of ether oxygens (including phenoxy) is 2. The Kier molecular flexibility index (Phi) is 7.79. The van der Waals surface area contributed by atoms with E-state index >= 15 is 0 Å². The first-order chi connectivity index (χ1) is 16.0. The molecule has 0 radical (unpaired) electrons. The Morgan fingerprint density at radius 1 is 0.697 bits per heavy atom. The SMILES string of the molecule is Clc1ccc(COc2c(Cl)cc(C=Nc3ccc(Oc4ccccc4)cc3)cc2Cl)c(Cl)c1. The van der Waals surface area contributed by atoms with Gasteiger partial charge < -0.3 is 9.47 Å². The van der Waals surface area contributed by atoms with Crippen LogP contribution < -0.4 is 9.47 Å². The average molecular weight is 517 g/mol. The summed E-state index contributed by atoms with van der Waals surface area (Å²) < 4.78 is 11.6. The zero-order chi connectivity index (χ0) is 23.2. The van der Waals surface area contributed by atoms with E-state index in [2.05, 4.69) is 4.99 Å². The summed E-state index contributed by atoms with van der Waals surface area (Å²) in [6.07, 6.45) is 1.69. The quantitative estimate of drug-likeness (QED) is 0.229. The molecule has 166 valence electrons. The van der Waals surface area contributed by atoms with Gasteiger partial charge in [-0.3, -0.25) is 4.99 Å². The van der Waals surface area contributed by atoms with Crippen molar-refractivity contribution in [3.63, 3.8) is 0 Å².